The molecule has 0 fully saturated rings. The average molecular weight is 477 g/mol. The van der Waals surface area contributed by atoms with Crippen LogP contribution in [0, 0.1) is 0 Å². The molecule has 2 heterocycles. The van der Waals surface area contributed by atoms with Gasteiger partial charge >= 0.3 is 5.97 Å². The second kappa shape index (κ2) is 11.3. The van der Waals surface area contributed by atoms with Gasteiger partial charge in [0, 0.05) is 23.9 Å². The molecular formula is C19H20N6O5S2. The summed E-state index contributed by atoms with van der Waals surface area (Å²) in [6, 6.07) is 7.59. The van der Waals surface area contributed by atoms with Crippen LogP contribution < -0.4 is 16.6 Å². The van der Waals surface area contributed by atoms with Crippen LogP contribution >= 0.6 is 23.5 Å². The van der Waals surface area contributed by atoms with Crippen molar-refractivity contribution in [3.8, 4) is 0 Å². The van der Waals surface area contributed by atoms with Crippen molar-refractivity contribution in [2.24, 2.45) is 0 Å². The lowest BCUT2D eigenvalue weighted by Gasteiger charge is -2.05. The van der Waals surface area contributed by atoms with Crippen LogP contribution in [0.2, 0.25) is 0 Å². The Bertz CT molecular complexity index is 1130. The number of rotatable bonds is 10. The number of amides is 1. The van der Waals surface area contributed by atoms with Crippen LogP contribution in [0.3, 0.4) is 0 Å². The van der Waals surface area contributed by atoms with E-state index in [0.717, 1.165) is 18.2 Å². The van der Waals surface area contributed by atoms with Gasteiger partial charge in [-0.15, -0.1) is 10.2 Å². The molecule has 0 saturated heterocycles. The van der Waals surface area contributed by atoms with Crippen LogP contribution in [0.1, 0.15) is 22.7 Å². The highest BCUT2D eigenvalue weighted by atomic mass is 32.2. The number of nitrogens with zero attached hydrogens (tertiary/aromatic N) is 3. The van der Waals surface area contributed by atoms with Gasteiger partial charge in [0.25, 0.3) is 10.8 Å². The van der Waals surface area contributed by atoms with Gasteiger partial charge in [0.15, 0.2) is 5.16 Å². The lowest BCUT2D eigenvalue weighted by atomic mass is 10.2. The summed E-state index contributed by atoms with van der Waals surface area (Å²) in [6.07, 6.45) is 1.27. The summed E-state index contributed by atoms with van der Waals surface area (Å²) in [7, 11) is 1.30. The van der Waals surface area contributed by atoms with E-state index in [0.29, 0.717) is 39.7 Å². The molecule has 11 nitrogen and oxygen atoms in total. The number of aryl methyl sites for hydroxylation is 1. The van der Waals surface area contributed by atoms with E-state index in [2.05, 4.69) is 30.2 Å². The molecule has 13 heteroatoms. The summed E-state index contributed by atoms with van der Waals surface area (Å²) < 4.78 is 10.2. The number of methoxy groups -OCH3 is 1. The Balaban J connectivity index is 1.38. The highest BCUT2D eigenvalue weighted by Gasteiger charge is 2.11. The molecule has 3 rings (SSSR count). The minimum Gasteiger partial charge on any atom is -0.465 e. The SMILES string of the molecule is COC(=O)c1ccc(NC(=O)CSc2nnc(CCCSc3nc(N)cc(=O)[nH]3)o2)cc1. The van der Waals surface area contributed by atoms with Crippen molar-refractivity contribution >= 4 is 46.9 Å². The highest BCUT2D eigenvalue weighted by Crippen LogP contribution is 2.19. The predicted molar refractivity (Wildman–Crippen MR) is 120 cm³/mol. The smallest absolute Gasteiger partial charge is 0.337 e. The van der Waals surface area contributed by atoms with E-state index in [4.69, 9.17) is 10.2 Å². The number of aromatic amines is 1. The average Bonchev–Trinajstić information content (AvgIpc) is 3.22. The first kappa shape index (κ1) is 23.3. The maximum Gasteiger partial charge on any atom is 0.337 e. The maximum atomic E-state index is 12.1. The lowest BCUT2D eigenvalue weighted by Crippen LogP contribution is -2.14. The fourth-order valence-corrected chi connectivity index (χ4v) is 3.85. The van der Waals surface area contributed by atoms with Crippen LogP contribution in [0.4, 0.5) is 11.5 Å². The fraction of sp³-hybridized carbons (Fsp3) is 0.263. The van der Waals surface area contributed by atoms with E-state index in [9.17, 15) is 14.4 Å². The molecular weight excluding hydrogens is 456 g/mol. The van der Waals surface area contributed by atoms with E-state index in [-0.39, 0.29) is 23.0 Å². The van der Waals surface area contributed by atoms with Gasteiger partial charge in [-0.25, -0.2) is 9.78 Å². The van der Waals surface area contributed by atoms with E-state index in [1.54, 1.807) is 24.3 Å². The number of thioether (sulfide) groups is 2. The van der Waals surface area contributed by atoms with Crippen LogP contribution in [0.5, 0.6) is 0 Å². The molecule has 0 aliphatic carbocycles. The number of nitrogens with two attached hydrogens (primary N) is 1. The number of hydrogen-bond acceptors (Lipinski definition) is 11. The van der Waals surface area contributed by atoms with Gasteiger partial charge in [-0.2, -0.15) is 0 Å². The van der Waals surface area contributed by atoms with Gasteiger partial charge in [-0.05, 0) is 30.7 Å². The number of carbonyl (C=O) groups excluding carboxylic acids is 2. The number of benzene rings is 1. The summed E-state index contributed by atoms with van der Waals surface area (Å²) in [6.45, 7) is 0. The zero-order chi connectivity index (χ0) is 22.9. The Hall–Kier alpha value is -3.32. The Kier molecular flexibility index (Phi) is 8.27. The van der Waals surface area contributed by atoms with Crippen molar-refractivity contribution in [1.29, 1.82) is 0 Å². The number of nitrogen functional groups attached to an aromatic ring is 1. The van der Waals surface area contributed by atoms with Crippen LogP contribution in [0.15, 0.2) is 49.9 Å². The Morgan fingerprint density at radius 1 is 1.22 bits per heavy atom. The molecule has 1 amide bonds. The lowest BCUT2D eigenvalue weighted by molar-refractivity contribution is -0.113. The van der Waals surface area contributed by atoms with Gasteiger partial charge in [0.2, 0.25) is 11.8 Å². The fourth-order valence-electron chi connectivity index (χ4n) is 2.44. The first-order chi connectivity index (χ1) is 15.4. The van der Waals surface area contributed by atoms with Crippen molar-refractivity contribution < 1.29 is 18.7 Å². The molecule has 4 N–H and O–H groups in total. The molecule has 0 saturated carbocycles. The number of hydrogen-bond donors (Lipinski definition) is 3. The van der Waals surface area contributed by atoms with Gasteiger partial charge < -0.3 is 25.2 Å². The number of ether oxygens (including phenoxy) is 1. The molecule has 1 aromatic carbocycles. The second-order valence-electron chi connectivity index (χ2n) is 6.29. The molecule has 0 aliphatic rings. The number of carbonyl (C=O) groups is 2. The topological polar surface area (TPSA) is 166 Å². The van der Waals surface area contributed by atoms with Crippen molar-refractivity contribution in [1.82, 2.24) is 20.2 Å². The molecule has 0 radical (unpaired) electrons. The molecule has 2 aromatic heterocycles. The molecule has 0 aliphatic heterocycles. The van der Waals surface area contributed by atoms with Gasteiger partial charge in [-0.3, -0.25) is 9.59 Å². The van der Waals surface area contributed by atoms with E-state index >= 15 is 0 Å². The molecule has 0 unspecified atom stereocenters. The van der Waals surface area contributed by atoms with Gasteiger partial charge in [0.1, 0.15) is 5.82 Å². The normalized spacial score (nSPS) is 10.7. The Labute approximate surface area is 190 Å². The van der Waals surface area contributed by atoms with E-state index in [1.165, 1.54) is 24.9 Å². The molecule has 168 valence electrons. The predicted octanol–water partition coefficient (Wildman–Crippen LogP) is 1.98. The molecule has 0 bridgehead atoms. The van der Waals surface area contributed by atoms with Crippen LogP contribution in [-0.4, -0.2) is 50.7 Å². The summed E-state index contributed by atoms with van der Waals surface area (Å²) in [4.78, 5) is 41.5. The molecule has 3 aromatic rings. The first-order valence-electron chi connectivity index (χ1n) is 9.36. The summed E-state index contributed by atoms with van der Waals surface area (Å²) in [5, 5.41) is 11.4. The zero-order valence-corrected chi connectivity index (χ0v) is 18.6. The largest absolute Gasteiger partial charge is 0.465 e. The second-order valence-corrected chi connectivity index (χ2v) is 8.31. The van der Waals surface area contributed by atoms with E-state index < -0.39 is 5.97 Å². The quantitative estimate of drug-likeness (QED) is 0.169. The standard InChI is InChI=1S/C19H20N6O5S2/c1-29-17(28)11-4-6-12(7-5-11)21-15(27)10-32-19-25-24-16(30-19)3-2-8-31-18-22-13(20)9-14(26)23-18/h4-7,9H,2-3,8,10H2,1H3,(H,21,27)(H3,20,22,23,26). The number of esters is 1. The number of anilines is 2. The molecule has 0 spiro atoms. The van der Waals surface area contributed by atoms with Gasteiger partial charge in [0.05, 0.1) is 18.4 Å². The minimum atomic E-state index is -0.444. The van der Waals surface area contributed by atoms with Gasteiger partial charge in [-0.1, -0.05) is 23.5 Å². The van der Waals surface area contributed by atoms with Crippen LogP contribution in [-0.2, 0) is 16.0 Å². The summed E-state index contributed by atoms with van der Waals surface area (Å²) in [5.74, 6) is 0.707. The Morgan fingerprint density at radius 2 is 2.00 bits per heavy atom. The third-order valence-electron chi connectivity index (χ3n) is 3.88. The summed E-state index contributed by atoms with van der Waals surface area (Å²) >= 11 is 2.50. The number of aromatic nitrogens is 4. The van der Waals surface area contributed by atoms with Crippen LogP contribution in [0.25, 0.3) is 0 Å². The number of nitrogens with one attached hydrogen (secondary N) is 2. The molecule has 32 heavy (non-hydrogen) atoms. The molecule has 0 atom stereocenters. The number of H-pyrrole nitrogens is 1. The van der Waals surface area contributed by atoms with E-state index in [1.807, 2.05) is 0 Å². The van der Waals surface area contributed by atoms with Crippen molar-refractivity contribution in [3.63, 3.8) is 0 Å². The summed E-state index contributed by atoms with van der Waals surface area (Å²) in [5.41, 5.74) is 6.21. The van der Waals surface area contributed by atoms with Crippen molar-refractivity contribution in [3.05, 3.63) is 52.1 Å². The van der Waals surface area contributed by atoms with Crippen molar-refractivity contribution in [2.75, 3.05) is 29.7 Å². The van der Waals surface area contributed by atoms with Crippen molar-refractivity contribution in [2.45, 2.75) is 23.2 Å². The highest BCUT2D eigenvalue weighted by molar-refractivity contribution is 7.99. The Morgan fingerprint density at radius 3 is 2.72 bits per heavy atom. The maximum absolute atomic E-state index is 12.1. The monoisotopic (exact) mass is 476 g/mol. The first-order valence-corrected chi connectivity index (χ1v) is 11.3. The third kappa shape index (κ3) is 7.13. The third-order valence-corrected chi connectivity index (χ3v) is 5.66. The zero-order valence-electron chi connectivity index (χ0n) is 17.0. The minimum absolute atomic E-state index is 0.0880.